The zero-order chi connectivity index (χ0) is 11.9. The Balaban J connectivity index is 1.91. The molecule has 0 amide bonds. The summed E-state index contributed by atoms with van der Waals surface area (Å²) < 4.78 is 6.24. The van der Waals surface area contributed by atoms with Gasteiger partial charge in [-0.1, -0.05) is 30.7 Å². The van der Waals surface area contributed by atoms with Crippen LogP contribution in [-0.2, 0) is 25.7 Å². The van der Waals surface area contributed by atoms with Crippen LogP contribution in [0.25, 0.3) is 11.3 Å². The van der Waals surface area contributed by atoms with Gasteiger partial charge in [-0.3, -0.25) is 0 Å². The first kappa shape index (κ1) is 10.4. The summed E-state index contributed by atoms with van der Waals surface area (Å²) in [4.78, 5) is 0. The first-order valence-electron chi connectivity index (χ1n) is 7.15. The molecule has 0 bridgehead atoms. The van der Waals surface area contributed by atoms with E-state index in [0.717, 1.165) is 6.42 Å². The molecule has 1 nitrogen and oxygen atoms in total. The van der Waals surface area contributed by atoms with Gasteiger partial charge in [0, 0.05) is 17.5 Å². The number of fused-ring (bicyclic) bond motifs is 5. The lowest BCUT2D eigenvalue weighted by Crippen LogP contribution is -2.03. The fourth-order valence-corrected chi connectivity index (χ4v) is 3.51. The number of hydrogen-bond donors (Lipinski definition) is 0. The second-order valence-corrected chi connectivity index (χ2v) is 5.53. The van der Waals surface area contributed by atoms with Gasteiger partial charge in [0.25, 0.3) is 0 Å². The van der Waals surface area contributed by atoms with E-state index in [4.69, 9.17) is 4.42 Å². The Bertz CT molecular complexity index is 592. The van der Waals surface area contributed by atoms with E-state index < -0.39 is 0 Å². The Hall–Kier alpha value is -1.50. The second-order valence-electron chi connectivity index (χ2n) is 5.53. The summed E-state index contributed by atoms with van der Waals surface area (Å²) in [6.45, 7) is 0. The molecule has 1 aromatic carbocycles. The largest absolute Gasteiger partial charge is 0.460 e. The maximum atomic E-state index is 6.24. The van der Waals surface area contributed by atoms with Crippen molar-refractivity contribution < 1.29 is 4.42 Å². The average Bonchev–Trinajstić information content (AvgIpc) is 2.61. The molecule has 0 saturated carbocycles. The minimum atomic E-state index is 1.14. The van der Waals surface area contributed by atoms with E-state index in [1.807, 2.05) is 0 Å². The Morgan fingerprint density at radius 1 is 0.778 bits per heavy atom. The first-order chi connectivity index (χ1) is 8.93. The van der Waals surface area contributed by atoms with Gasteiger partial charge in [0.15, 0.2) is 0 Å². The van der Waals surface area contributed by atoms with Crippen LogP contribution in [0.3, 0.4) is 0 Å². The summed E-state index contributed by atoms with van der Waals surface area (Å²) in [5.41, 5.74) is 5.86. The molecule has 0 spiro atoms. The molecule has 0 unspecified atom stereocenters. The molecule has 0 atom stereocenters. The van der Waals surface area contributed by atoms with E-state index in [0.29, 0.717) is 0 Å². The van der Waals surface area contributed by atoms with Gasteiger partial charge in [0.2, 0.25) is 0 Å². The third kappa shape index (κ3) is 1.46. The standard InChI is InChI=1S/C17H18O/c1-2-8-14-15-11-10-12-6-4-5-7-13(12)17(15)18-16(14)9-3-1/h4-7H,1-3,8-11H2. The molecule has 0 saturated heterocycles. The number of aryl methyl sites for hydroxylation is 2. The van der Waals surface area contributed by atoms with Gasteiger partial charge >= 0.3 is 0 Å². The van der Waals surface area contributed by atoms with Gasteiger partial charge in [0.1, 0.15) is 11.5 Å². The summed E-state index contributed by atoms with van der Waals surface area (Å²) >= 11 is 0. The highest BCUT2D eigenvalue weighted by molar-refractivity contribution is 5.70. The van der Waals surface area contributed by atoms with E-state index in [1.54, 1.807) is 5.56 Å². The molecule has 2 aliphatic carbocycles. The summed E-state index contributed by atoms with van der Waals surface area (Å²) in [5.74, 6) is 2.47. The van der Waals surface area contributed by atoms with Crippen LogP contribution in [0.15, 0.2) is 28.7 Å². The maximum absolute atomic E-state index is 6.24. The quantitative estimate of drug-likeness (QED) is 0.623. The minimum absolute atomic E-state index is 1.14. The van der Waals surface area contributed by atoms with Crippen LogP contribution < -0.4 is 0 Å². The van der Waals surface area contributed by atoms with Crippen LogP contribution >= 0.6 is 0 Å². The van der Waals surface area contributed by atoms with Gasteiger partial charge in [-0.15, -0.1) is 0 Å². The van der Waals surface area contributed by atoms with Crippen LogP contribution in [0.5, 0.6) is 0 Å². The maximum Gasteiger partial charge on any atom is 0.138 e. The third-order valence-electron chi connectivity index (χ3n) is 4.44. The van der Waals surface area contributed by atoms with Crippen molar-refractivity contribution in [2.45, 2.75) is 44.9 Å². The number of hydrogen-bond acceptors (Lipinski definition) is 1. The second kappa shape index (κ2) is 4.01. The van der Waals surface area contributed by atoms with Gasteiger partial charge in [-0.2, -0.15) is 0 Å². The molecular weight excluding hydrogens is 220 g/mol. The van der Waals surface area contributed by atoms with Crippen molar-refractivity contribution in [2.75, 3.05) is 0 Å². The SMILES string of the molecule is c1ccc2c(c1)CCc1c-2oc2c1CCCCC2. The van der Waals surface area contributed by atoms with E-state index in [2.05, 4.69) is 24.3 Å². The topological polar surface area (TPSA) is 13.1 Å². The third-order valence-corrected chi connectivity index (χ3v) is 4.44. The fourth-order valence-electron chi connectivity index (χ4n) is 3.51. The molecule has 1 aromatic heterocycles. The van der Waals surface area contributed by atoms with E-state index in [1.165, 1.54) is 66.7 Å². The lowest BCUT2D eigenvalue weighted by atomic mass is 9.88. The van der Waals surface area contributed by atoms with Crippen molar-refractivity contribution in [3.05, 3.63) is 46.7 Å². The molecule has 2 aliphatic rings. The monoisotopic (exact) mass is 238 g/mol. The van der Waals surface area contributed by atoms with Gasteiger partial charge in [0.05, 0.1) is 0 Å². The van der Waals surface area contributed by atoms with Crippen LogP contribution in [-0.4, -0.2) is 0 Å². The lowest BCUT2D eigenvalue weighted by Gasteiger charge is -2.15. The van der Waals surface area contributed by atoms with Gasteiger partial charge in [-0.25, -0.2) is 0 Å². The predicted octanol–water partition coefficient (Wildman–Crippen LogP) is 4.31. The fraction of sp³-hybridized carbons (Fsp3) is 0.412. The molecule has 0 radical (unpaired) electrons. The highest BCUT2D eigenvalue weighted by Gasteiger charge is 2.26. The number of furan rings is 1. The van der Waals surface area contributed by atoms with Crippen LogP contribution in [0, 0.1) is 0 Å². The Labute approximate surface area is 108 Å². The summed E-state index contributed by atoms with van der Waals surface area (Å²) in [7, 11) is 0. The smallest absolute Gasteiger partial charge is 0.138 e. The van der Waals surface area contributed by atoms with Gasteiger partial charge in [-0.05, 0) is 43.2 Å². The van der Waals surface area contributed by atoms with Crippen molar-refractivity contribution >= 4 is 0 Å². The molecule has 4 rings (SSSR count). The highest BCUT2D eigenvalue weighted by atomic mass is 16.3. The molecular formula is C17H18O. The average molecular weight is 238 g/mol. The van der Waals surface area contributed by atoms with Crippen LogP contribution in [0.1, 0.15) is 41.7 Å². The van der Waals surface area contributed by atoms with E-state index in [9.17, 15) is 0 Å². The van der Waals surface area contributed by atoms with Crippen molar-refractivity contribution in [1.82, 2.24) is 0 Å². The summed E-state index contributed by atoms with van der Waals surface area (Å²) in [6.07, 6.45) is 8.71. The number of rotatable bonds is 0. The summed E-state index contributed by atoms with van der Waals surface area (Å²) in [6, 6.07) is 8.72. The van der Waals surface area contributed by atoms with E-state index >= 15 is 0 Å². The highest BCUT2D eigenvalue weighted by Crippen LogP contribution is 2.40. The van der Waals surface area contributed by atoms with Crippen molar-refractivity contribution in [3.63, 3.8) is 0 Å². The molecule has 0 fully saturated rings. The molecule has 0 N–H and O–H groups in total. The van der Waals surface area contributed by atoms with Gasteiger partial charge < -0.3 is 4.42 Å². The van der Waals surface area contributed by atoms with Crippen LogP contribution in [0.2, 0.25) is 0 Å². The normalized spacial score (nSPS) is 17.6. The zero-order valence-electron chi connectivity index (χ0n) is 10.7. The number of benzene rings is 1. The Morgan fingerprint density at radius 2 is 1.67 bits per heavy atom. The van der Waals surface area contributed by atoms with Crippen molar-refractivity contribution in [3.8, 4) is 11.3 Å². The molecule has 1 heteroatoms. The lowest BCUT2D eigenvalue weighted by molar-refractivity contribution is 0.510. The van der Waals surface area contributed by atoms with Crippen molar-refractivity contribution in [2.24, 2.45) is 0 Å². The minimum Gasteiger partial charge on any atom is -0.460 e. The summed E-state index contributed by atoms with van der Waals surface area (Å²) in [5, 5.41) is 0. The first-order valence-corrected chi connectivity index (χ1v) is 7.15. The van der Waals surface area contributed by atoms with Crippen molar-refractivity contribution in [1.29, 1.82) is 0 Å². The predicted molar refractivity (Wildman–Crippen MR) is 72.8 cm³/mol. The molecule has 1 heterocycles. The Kier molecular flexibility index (Phi) is 2.32. The molecule has 0 aliphatic heterocycles. The molecule has 92 valence electrons. The zero-order valence-corrected chi connectivity index (χ0v) is 10.7. The Morgan fingerprint density at radius 3 is 2.67 bits per heavy atom. The molecule has 2 aromatic rings. The van der Waals surface area contributed by atoms with Crippen LogP contribution in [0.4, 0.5) is 0 Å². The van der Waals surface area contributed by atoms with E-state index in [-0.39, 0.29) is 0 Å². The molecule has 18 heavy (non-hydrogen) atoms.